The first-order chi connectivity index (χ1) is 5.13. The number of carbonyl (C=O) groups excluding carboxylic acids is 1. The van der Waals surface area contributed by atoms with Crippen molar-refractivity contribution in [3.8, 4) is 5.75 Å². The van der Waals surface area contributed by atoms with E-state index < -0.39 is 0 Å². The number of para-hydroxylation sites is 1. The predicted molar refractivity (Wildman–Crippen MR) is 44.6 cm³/mol. The molecule has 1 aromatic rings. The number of phenols is 1. The summed E-state index contributed by atoms with van der Waals surface area (Å²) >= 11 is 4.64. The van der Waals surface area contributed by atoms with Gasteiger partial charge in [-0.05, 0) is 23.7 Å². The Morgan fingerprint density at radius 3 is 1.91 bits per heavy atom. The van der Waals surface area contributed by atoms with E-state index in [-0.39, 0.29) is 5.24 Å². The molecule has 11 heavy (non-hydrogen) atoms. The number of halogens is 1. The fraction of sp³-hybridized carbons (Fsp3) is 0.125. The Morgan fingerprint density at radius 1 is 1.36 bits per heavy atom. The largest absolute Gasteiger partial charge is 0.508 e. The number of aromatic hydroxyl groups is 1. The van der Waals surface area contributed by atoms with Crippen LogP contribution in [0.4, 0.5) is 0 Å². The third kappa shape index (κ3) is 8.98. The van der Waals surface area contributed by atoms with Crippen molar-refractivity contribution in [2.75, 3.05) is 0 Å². The predicted octanol–water partition coefficient (Wildman–Crippen LogP) is 2.16. The van der Waals surface area contributed by atoms with Gasteiger partial charge in [0.1, 0.15) is 5.75 Å². The van der Waals surface area contributed by atoms with Gasteiger partial charge in [-0.3, -0.25) is 4.79 Å². The molecule has 0 aliphatic rings. The summed E-state index contributed by atoms with van der Waals surface area (Å²) in [7, 11) is 0. The summed E-state index contributed by atoms with van der Waals surface area (Å²) < 4.78 is 0. The third-order valence-corrected chi connectivity index (χ3v) is 0.756. The Balaban J connectivity index is 0.000000218. The van der Waals surface area contributed by atoms with Gasteiger partial charge in [-0.15, -0.1) is 0 Å². The average Bonchev–Trinajstić information content (AvgIpc) is 1.87. The van der Waals surface area contributed by atoms with E-state index in [9.17, 15) is 4.79 Å². The van der Waals surface area contributed by atoms with Gasteiger partial charge in [0.25, 0.3) is 0 Å². The van der Waals surface area contributed by atoms with E-state index in [1.165, 1.54) is 6.92 Å². The highest BCUT2D eigenvalue weighted by atomic mass is 35.5. The Bertz CT molecular complexity index is 205. The van der Waals surface area contributed by atoms with Gasteiger partial charge in [-0.25, -0.2) is 0 Å². The summed E-state index contributed by atoms with van der Waals surface area (Å²) in [5.41, 5.74) is 0. The minimum atomic E-state index is -0.361. The molecule has 0 saturated carbocycles. The second-order valence-corrected chi connectivity index (χ2v) is 2.34. The van der Waals surface area contributed by atoms with Crippen LogP contribution in [0.15, 0.2) is 30.3 Å². The maximum atomic E-state index is 9.21. The van der Waals surface area contributed by atoms with Crippen LogP contribution in [0.5, 0.6) is 5.75 Å². The fourth-order valence-electron chi connectivity index (χ4n) is 0.428. The highest BCUT2D eigenvalue weighted by molar-refractivity contribution is 6.62. The second kappa shape index (κ2) is 5.74. The van der Waals surface area contributed by atoms with E-state index in [0.29, 0.717) is 5.75 Å². The summed E-state index contributed by atoms with van der Waals surface area (Å²) in [5, 5.41) is 8.27. The topological polar surface area (TPSA) is 37.3 Å². The van der Waals surface area contributed by atoms with Crippen molar-refractivity contribution in [2.45, 2.75) is 6.92 Å². The minimum absolute atomic E-state index is 0.322. The van der Waals surface area contributed by atoms with E-state index in [1.54, 1.807) is 24.3 Å². The summed E-state index contributed by atoms with van der Waals surface area (Å²) in [6, 6.07) is 8.71. The van der Waals surface area contributed by atoms with Gasteiger partial charge in [0, 0.05) is 6.92 Å². The summed E-state index contributed by atoms with van der Waals surface area (Å²) in [6.07, 6.45) is 0. The zero-order chi connectivity index (χ0) is 8.69. The van der Waals surface area contributed by atoms with Crippen LogP contribution in [-0.2, 0) is 4.79 Å². The molecule has 0 aliphatic heterocycles. The molecule has 0 unspecified atom stereocenters. The van der Waals surface area contributed by atoms with Crippen LogP contribution in [0.25, 0.3) is 0 Å². The third-order valence-electron chi connectivity index (χ3n) is 0.756. The average molecular weight is 173 g/mol. The summed E-state index contributed by atoms with van der Waals surface area (Å²) in [4.78, 5) is 9.21. The molecule has 0 atom stereocenters. The van der Waals surface area contributed by atoms with Gasteiger partial charge in [-0.2, -0.15) is 0 Å². The smallest absolute Gasteiger partial charge is 0.218 e. The van der Waals surface area contributed by atoms with Crippen LogP contribution in [-0.4, -0.2) is 10.3 Å². The fourth-order valence-corrected chi connectivity index (χ4v) is 0.428. The van der Waals surface area contributed by atoms with Gasteiger partial charge in [-0.1, -0.05) is 18.2 Å². The van der Waals surface area contributed by atoms with Crippen LogP contribution >= 0.6 is 11.6 Å². The zero-order valence-corrected chi connectivity index (χ0v) is 6.88. The molecule has 0 bridgehead atoms. The molecule has 1 N–H and O–H groups in total. The van der Waals surface area contributed by atoms with E-state index >= 15 is 0 Å². The minimum Gasteiger partial charge on any atom is -0.508 e. The maximum absolute atomic E-state index is 9.21. The first-order valence-corrected chi connectivity index (χ1v) is 3.41. The molecule has 60 valence electrons. The van der Waals surface area contributed by atoms with Crippen molar-refractivity contribution in [1.29, 1.82) is 0 Å². The molecule has 0 fully saturated rings. The van der Waals surface area contributed by atoms with Crippen molar-refractivity contribution < 1.29 is 9.90 Å². The van der Waals surface area contributed by atoms with Crippen LogP contribution in [0, 0.1) is 0 Å². The van der Waals surface area contributed by atoms with E-state index in [2.05, 4.69) is 11.6 Å². The molecule has 3 heteroatoms. The van der Waals surface area contributed by atoms with Crippen LogP contribution in [0.2, 0.25) is 0 Å². The van der Waals surface area contributed by atoms with E-state index in [0.717, 1.165) is 0 Å². The summed E-state index contributed by atoms with van der Waals surface area (Å²) in [5.74, 6) is 0.322. The van der Waals surface area contributed by atoms with Crippen LogP contribution < -0.4 is 0 Å². The Labute approximate surface area is 70.4 Å². The lowest BCUT2D eigenvalue weighted by atomic mass is 10.3. The standard InChI is InChI=1S/C6H6O.C2H3ClO/c7-6-4-2-1-3-5-6;1-2(3)4/h1-5,7H;1H3. The first kappa shape index (κ1) is 9.98. The van der Waals surface area contributed by atoms with Crippen molar-refractivity contribution in [3.05, 3.63) is 30.3 Å². The number of hydrogen-bond donors (Lipinski definition) is 1. The molecule has 0 spiro atoms. The van der Waals surface area contributed by atoms with Gasteiger partial charge in [0.15, 0.2) is 0 Å². The lowest BCUT2D eigenvalue weighted by Gasteiger charge is -1.82. The normalized spacial score (nSPS) is 7.82. The number of hydrogen-bond acceptors (Lipinski definition) is 2. The quantitative estimate of drug-likeness (QED) is 0.609. The highest BCUT2D eigenvalue weighted by Gasteiger charge is 1.74. The number of phenolic OH excluding ortho intramolecular Hbond substituents is 1. The van der Waals surface area contributed by atoms with E-state index in [4.69, 9.17) is 5.11 Å². The Kier molecular flexibility index (Phi) is 5.21. The molecule has 0 heterocycles. The van der Waals surface area contributed by atoms with Gasteiger partial charge in [0.2, 0.25) is 5.24 Å². The van der Waals surface area contributed by atoms with Gasteiger partial charge in [0.05, 0.1) is 0 Å². The van der Waals surface area contributed by atoms with Crippen LogP contribution in [0.3, 0.4) is 0 Å². The van der Waals surface area contributed by atoms with Crippen molar-refractivity contribution in [1.82, 2.24) is 0 Å². The van der Waals surface area contributed by atoms with Crippen molar-refractivity contribution in [3.63, 3.8) is 0 Å². The number of benzene rings is 1. The Hall–Kier alpha value is -1.02. The number of rotatable bonds is 0. The molecule has 2 nitrogen and oxygen atoms in total. The SMILES string of the molecule is CC(=O)Cl.Oc1ccccc1. The second-order valence-electron chi connectivity index (χ2n) is 1.81. The molecule has 0 saturated heterocycles. The lowest BCUT2D eigenvalue weighted by molar-refractivity contribution is -0.109. The van der Waals surface area contributed by atoms with Gasteiger partial charge < -0.3 is 5.11 Å². The maximum Gasteiger partial charge on any atom is 0.218 e. The Morgan fingerprint density at radius 2 is 1.73 bits per heavy atom. The van der Waals surface area contributed by atoms with Crippen molar-refractivity contribution >= 4 is 16.8 Å². The molecule has 1 rings (SSSR count). The molecular weight excluding hydrogens is 164 g/mol. The monoisotopic (exact) mass is 172 g/mol. The van der Waals surface area contributed by atoms with Crippen molar-refractivity contribution in [2.24, 2.45) is 0 Å². The van der Waals surface area contributed by atoms with E-state index in [1.807, 2.05) is 6.07 Å². The molecule has 0 amide bonds. The lowest BCUT2D eigenvalue weighted by Crippen LogP contribution is -1.62. The summed E-state index contributed by atoms with van der Waals surface area (Å²) in [6.45, 7) is 1.29. The molecule has 1 aromatic carbocycles. The number of carbonyl (C=O) groups is 1. The first-order valence-electron chi connectivity index (χ1n) is 3.03. The highest BCUT2D eigenvalue weighted by Crippen LogP contribution is 2.02. The van der Waals surface area contributed by atoms with Gasteiger partial charge >= 0.3 is 0 Å². The molecular formula is C8H9ClO2. The zero-order valence-electron chi connectivity index (χ0n) is 6.12. The molecule has 0 aliphatic carbocycles. The van der Waals surface area contributed by atoms with Crippen LogP contribution in [0.1, 0.15) is 6.92 Å². The molecule has 0 aromatic heterocycles. The molecule has 0 radical (unpaired) electrons.